The van der Waals surface area contributed by atoms with E-state index in [0.29, 0.717) is 23.7 Å². The number of esters is 1. The van der Waals surface area contributed by atoms with Crippen LogP contribution in [0.5, 0.6) is 0 Å². The van der Waals surface area contributed by atoms with Crippen LogP contribution in [0.2, 0.25) is 0 Å². The van der Waals surface area contributed by atoms with Crippen LogP contribution < -0.4 is 0 Å². The van der Waals surface area contributed by atoms with E-state index in [4.69, 9.17) is 0 Å². The van der Waals surface area contributed by atoms with Crippen LogP contribution in [0, 0.1) is 23.7 Å². The van der Waals surface area contributed by atoms with Crippen molar-refractivity contribution in [2.24, 2.45) is 23.7 Å². The molecule has 0 N–H and O–H groups in total. The maximum atomic E-state index is 11.3. The standard InChI is InChI=1S/C24H26O2/c1-26-24(25)18-10-17-23-20(21-15-8-9-16-22(21)23)14-7-3-6-13-19-11-4-2-5-12-19/h2-13,15-16,18,20-23H,14,17H2,1H3/b7-3+,13-6+,18-10+/t20-,21-,22-,23+/m1/s1. The molecule has 0 radical (unpaired) electrons. The van der Waals surface area contributed by atoms with Crippen molar-refractivity contribution in [2.45, 2.75) is 12.8 Å². The van der Waals surface area contributed by atoms with Crippen LogP contribution in [-0.2, 0) is 9.53 Å². The molecule has 1 fully saturated rings. The van der Waals surface area contributed by atoms with Crippen LogP contribution >= 0.6 is 0 Å². The largest absolute Gasteiger partial charge is 0.466 e. The van der Waals surface area contributed by atoms with Gasteiger partial charge in [-0.25, -0.2) is 4.79 Å². The number of methoxy groups -OCH3 is 1. The van der Waals surface area contributed by atoms with Crippen molar-refractivity contribution in [3.05, 3.63) is 90.6 Å². The molecular weight excluding hydrogens is 320 g/mol. The number of hydrogen-bond donors (Lipinski definition) is 0. The first-order valence-corrected chi connectivity index (χ1v) is 9.27. The second-order valence-corrected chi connectivity index (χ2v) is 6.85. The minimum absolute atomic E-state index is 0.276. The summed E-state index contributed by atoms with van der Waals surface area (Å²) in [6, 6.07) is 10.3. The van der Waals surface area contributed by atoms with Gasteiger partial charge >= 0.3 is 5.97 Å². The van der Waals surface area contributed by atoms with Crippen LogP contribution in [0.3, 0.4) is 0 Å². The number of carbonyl (C=O) groups is 1. The molecule has 3 rings (SSSR count). The van der Waals surface area contributed by atoms with E-state index in [1.807, 2.05) is 24.3 Å². The Kier molecular flexibility index (Phi) is 6.43. The van der Waals surface area contributed by atoms with Crippen LogP contribution in [0.25, 0.3) is 6.08 Å². The number of carbonyl (C=O) groups excluding carboxylic acids is 1. The highest BCUT2D eigenvalue weighted by Gasteiger charge is 2.46. The molecule has 0 saturated heterocycles. The molecule has 26 heavy (non-hydrogen) atoms. The van der Waals surface area contributed by atoms with Gasteiger partial charge in [0.05, 0.1) is 7.11 Å². The Morgan fingerprint density at radius 2 is 1.62 bits per heavy atom. The number of hydrogen-bond acceptors (Lipinski definition) is 2. The normalized spacial score (nSPS) is 27.1. The van der Waals surface area contributed by atoms with Gasteiger partial charge in [-0.05, 0) is 42.1 Å². The number of benzene rings is 1. The molecule has 1 aromatic rings. The van der Waals surface area contributed by atoms with Gasteiger partial charge < -0.3 is 4.74 Å². The molecule has 0 heterocycles. The fourth-order valence-electron chi connectivity index (χ4n) is 4.02. The third kappa shape index (κ3) is 4.51. The second kappa shape index (κ2) is 9.19. The molecule has 0 unspecified atom stereocenters. The number of ether oxygens (including phenoxy) is 1. The van der Waals surface area contributed by atoms with E-state index in [1.54, 1.807) is 6.08 Å². The SMILES string of the molecule is COC(=O)/C=C/C[C@@H]1[C@@H]2C=CC=C[C@@H]2[C@H]1C/C=C/C=C/c1ccccc1. The minimum Gasteiger partial charge on any atom is -0.466 e. The fourth-order valence-corrected chi connectivity index (χ4v) is 4.02. The van der Waals surface area contributed by atoms with Gasteiger partial charge in [0.15, 0.2) is 0 Å². The van der Waals surface area contributed by atoms with Crippen LogP contribution in [-0.4, -0.2) is 13.1 Å². The highest BCUT2D eigenvalue weighted by Crippen LogP contribution is 2.52. The van der Waals surface area contributed by atoms with E-state index >= 15 is 0 Å². The van der Waals surface area contributed by atoms with Gasteiger partial charge in [-0.1, -0.05) is 85.0 Å². The van der Waals surface area contributed by atoms with Gasteiger partial charge in [0.1, 0.15) is 0 Å². The molecule has 0 bridgehead atoms. The Hall–Kier alpha value is -2.61. The smallest absolute Gasteiger partial charge is 0.330 e. The minimum atomic E-state index is -0.276. The topological polar surface area (TPSA) is 26.3 Å². The molecule has 2 heteroatoms. The van der Waals surface area contributed by atoms with Crippen molar-refractivity contribution in [1.29, 1.82) is 0 Å². The first-order chi connectivity index (χ1) is 12.8. The summed E-state index contributed by atoms with van der Waals surface area (Å²) in [6.45, 7) is 0. The first-order valence-electron chi connectivity index (χ1n) is 9.27. The average Bonchev–Trinajstić information content (AvgIpc) is 2.68. The summed E-state index contributed by atoms with van der Waals surface area (Å²) in [7, 11) is 1.41. The summed E-state index contributed by atoms with van der Waals surface area (Å²) >= 11 is 0. The summed E-state index contributed by atoms with van der Waals surface area (Å²) in [4.78, 5) is 11.3. The van der Waals surface area contributed by atoms with Gasteiger partial charge in [0, 0.05) is 6.08 Å². The Balaban J connectivity index is 1.55. The zero-order chi connectivity index (χ0) is 18.2. The highest BCUT2D eigenvalue weighted by molar-refractivity contribution is 5.81. The van der Waals surface area contributed by atoms with Crippen LogP contribution in [0.1, 0.15) is 18.4 Å². The third-order valence-corrected chi connectivity index (χ3v) is 5.37. The van der Waals surface area contributed by atoms with E-state index in [2.05, 4.69) is 65.5 Å². The van der Waals surface area contributed by atoms with Gasteiger partial charge in [-0.15, -0.1) is 0 Å². The van der Waals surface area contributed by atoms with Gasteiger partial charge in [-0.2, -0.15) is 0 Å². The molecule has 2 aliphatic carbocycles. The summed E-state index contributed by atoms with van der Waals surface area (Å²) in [6.07, 6.45) is 23.1. The van der Waals surface area contributed by atoms with E-state index < -0.39 is 0 Å². The highest BCUT2D eigenvalue weighted by atomic mass is 16.5. The summed E-state index contributed by atoms with van der Waals surface area (Å²) in [5.74, 6) is 2.16. The lowest BCUT2D eigenvalue weighted by Crippen LogP contribution is -2.45. The molecule has 2 aliphatic rings. The quantitative estimate of drug-likeness (QED) is 0.377. The summed E-state index contributed by atoms with van der Waals surface area (Å²) < 4.78 is 4.68. The van der Waals surface area contributed by atoms with E-state index in [1.165, 1.54) is 12.7 Å². The molecular formula is C24H26O2. The maximum Gasteiger partial charge on any atom is 0.330 e. The molecule has 0 aliphatic heterocycles. The summed E-state index contributed by atoms with van der Waals surface area (Å²) in [5, 5.41) is 0. The Bertz CT molecular complexity index is 737. The lowest BCUT2D eigenvalue weighted by atomic mass is 9.53. The Morgan fingerprint density at radius 3 is 2.27 bits per heavy atom. The van der Waals surface area contributed by atoms with Crippen molar-refractivity contribution in [1.82, 2.24) is 0 Å². The van der Waals surface area contributed by atoms with Gasteiger partial charge in [0.25, 0.3) is 0 Å². The number of rotatable bonds is 7. The number of fused-ring (bicyclic) bond motifs is 1. The maximum absolute atomic E-state index is 11.3. The lowest BCUT2D eigenvalue weighted by molar-refractivity contribution is -0.134. The second-order valence-electron chi connectivity index (χ2n) is 6.85. The van der Waals surface area contributed by atoms with E-state index in [-0.39, 0.29) is 5.97 Å². The van der Waals surface area contributed by atoms with Crippen LogP contribution in [0.15, 0.2) is 85.0 Å². The predicted octanol–water partition coefficient (Wildman–Crippen LogP) is 5.37. The van der Waals surface area contributed by atoms with Gasteiger partial charge in [-0.3, -0.25) is 0 Å². The monoisotopic (exact) mass is 346 g/mol. The molecule has 1 aromatic carbocycles. The molecule has 0 aromatic heterocycles. The molecule has 0 amide bonds. The molecule has 0 spiro atoms. The number of allylic oxidation sites excluding steroid dienone is 8. The molecule has 1 saturated carbocycles. The van der Waals surface area contributed by atoms with Crippen LogP contribution in [0.4, 0.5) is 0 Å². The Morgan fingerprint density at radius 1 is 0.962 bits per heavy atom. The van der Waals surface area contributed by atoms with Crippen molar-refractivity contribution in [3.63, 3.8) is 0 Å². The predicted molar refractivity (Wildman–Crippen MR) is 107 cm³/mol. The molecule has 134 valence electrons. The summed E-state index contributed by atoms with van der Waals surface area (Å²) in [5.41, 5.74) is 1.21. The van der Waals surface area contributed by atoms with Crippen molar-refractivity contribution in [2.75, 3.05) is 7.11 Å². The van der Waals surface area contributed by atoms with E-state index in [0.717, 1.165) is 12.8 Å². The van der Waals surface area contributed by atoms with Crippen molar-refractivity contribution in [3.8, 4) is 0 Å². The Labute approximate surface area is 156 Å². The lowest BCUT2D eigenvalue weighted by Gasteiger charge is -2.51. The first kappa shape index (κ1) is 18.2. The molecule has 2 nitrogen and oxygen atoms in total. The van der Waals surface area contributed by atoms with E-state index in [9.17, 15) is 4.79 Å². The van der Waals surface area contributed by atoms with Crippen molar-refractivity contribution < 1.29 is 9.53 Å². The molecule has 4 atom stereocenters. The zero-order valence-corrected chi connectivity index (χ0v) is 15.2. The third-order valence-electron chi connectivity index (χ3n) is 5.37. The zero-order valence-electron chi connectivity index (χ0n) is 15.2. The van der Waals surface area contributed by atoms with Crippen molar-refractivity contribution >= 4 is 12.0 Å². The fraction of sp³-hybridized carbons (Fsp3) is 0.292. The average molecular weight is 346 g/mol. The van der Waals surface area contributed by atoms with Gasteiger partial charge in [0.2, 0.25) is 0 Å².